The summed E-state index contributed by atoms with van der Waals surface area (Å²) in [5.41, 5.74) is 1.76. The maximum Gasteiger partial charge on any atom is 0.277 e. The Balaban J connectivity index is 1.63. The number of imide groups is 1. The van der Waals surface area contributed by atoms with Crippen LogP contribution in [0.3, 0.4) is 0 Å². The minimum atomic E-state index is -0.450. The van der Waals surface area contributed by atoms with Crippen LogP contribution in [-0.4, -0.2) is 42.1 Å². The molecule has 0 bridgehead atoms. The molecule has 2 N–H and O–H groups in total. The maximum absolute atomic E-state index is 12.2. The van der Waals surface area contributed by atoms with Gasteiger partial charge in [-0.3, -0.25) is 14.5 Å². The number of amides is 2. The quantitative estimate of drug-likeness (QED) is 0.693. The number of hydrogen-bond donors (Lipinski definition) is 2. The lowest BCUT2D eigenvalue weighted by molar-refractivity contribution is -0.137. The molecule has 2 aromatic carbocycles. The summed E-state index contributed by atoms with van der Waals surface area (Å²) in [7, 11) is 1.61. The highest BCUT2D eigenvalue weighted by atomic mass is 16.5. The van der Waals surface area contributed by atoms with Gasteiger partial charge in [0.1, 0.15) is 23.8 Å². The monoisotopic (exact) mass is 368 g/mol. The van der Waals surface area contributed by atoms with E-state index < -0.39 is 11.8 Å². The number of carbonyl (C=O) groups excluding carboxylic acids is 2. The lowest BCUT2D eigenvalue weighted by Crippen LogP contribution is -2.34. The standard InChI is InChI=1S/C20H20N2O5/c1-26-16-5-7-17(8-6-16)27-13-14-3-2-4-15(11-14)21-18-12-19(24)22(9-10-23)20(18)25/h2-8,11-12,21,23H,9-10,13H2,1H3. The predicted molar refractivity (Wildman–Crippen MR) is 99.3 cm³/mol. The zero-order valence-corrected chi connectivity index (χ0v) is 14.8. The van der Waals surface area contributed by atoms with Crippen LogP contribution in [-0.2, 0) is 16.2 Å². The first-order valence-electron chi connectivity index (χ1n) is 8.42. The van der Waals surface area contributed by atoms with Crippen molar-refractivity contribution in [1.29, 1.82) is 0 Å². The van der Waals surface area contributed by atoms with Crippen molar-refractivity contribution in [3.63, 3.8) is 0 Å². The van der Waals surface area contributed by atoms with Crippen LogP contribution in [0.5, 0.6) is 11.5 Å². The highest BCUT2D eigenvalue weighted by molar-refractivity contribution is 6.17. The lowest BCUT2D eigenvalue weighted by atomic mass is 10.2. The lowest BCUT2D eigenvalue weighted by Gasteiger charge is -2.14. The molecule has 3 rings (SSSR count). The SMILES string of the molecule is COc1ccc(OCc2cccc(NC3=CC(=O)N(CCO)C3=O)c2)cc1. The summed E-state index contributed by atoms with van der Waals surface area (Å²) >= 11 is 0. The fourth-order valence-electron chi connectivity index (χ4n) is 2.64. The third kappa shape index (κ3) is 4.45. The van der Waals surface area contributed by atoms with Crippen molar-refractivity contribution < 1.29 is 24.2 Å². The molecule has 0 aromatic heterocycles. The van der Waals surface area contributed by atoms with Gasteiger partial charge in [-0.1, -0.05) is 12.1 Å². The van der Waals surface area contributed by atoms with Crippen LogP contribution < -0.4 is 14.8 Å². The van der Waals surface area contributed by atoms with Crippen molar-refractivity contribution in [2.24, 2.45) is 0 Å². The number of benzene rings is 2. The second-order valence-electron chi connectivity index (χ2n) is 5.87. The molecular weight excluding hydrogens is 348 g/mol. The van der Waals surface area contributed by atoms with Crippen LogP contribution in [0, 0.1) is 0 Å². The van der Waals surface area contributed by atoms with E-state index in [2.05, 4.69) is 5.32 Å². The summed E-state index contributed by atoms with van der Waals surface area (Å²) in [6, 6.07) is 14.7. The molecule has 7 heteroatoms. The van der Waals surface area contributed by atoms with Gasteiger partial charge in [-0.15, -0.1) is 0 Å². The Morgan fingerprint density at radius 1 is 1.07 bits per heavy atom. The predicted octanol–water partition coefficient (Wildman–Crippen LogP) is 1.93. The summed E-state index contributed by atoms with van der Waals surface area (Å²) in [6.07, 6.45) is 1.23. The smallest absolute Gasteiger partial charge is 0.277 e. The first-order valence-corrected chi connectivity index (χ1v) is 8.42. The number of rotatable bonds is 8. The minimum Gasteiger partial charge on any atom is -0.497 e. The van der Waals surface area contributed by atoms with Crippen molar-refractivity contribution in [2.45, 2.75) is 6.61 Å². The number of carbonyl (C=O) groups is 2. The topological polar surface area (TPSA) is 88.1 Å². The number of methoxy groups -OCH3 is 1. The van der Waals surface area contributed by atoms with E-state index in [0.29, 0.717) is 18.0 Å². The number of anilines is 1. The number of nitrogens with zero attached hydrogens (tertiary/aromatic N) is 1. The van der Waals surface area contributed by atoms with Gasteiger partial charge in [0.05, 0.1) is 20.3 Å². The van der Waals surface area contributed by atoms with Gasteiger partial charge < -0.3 is 19.9 Å². The fraction of sp³-hybridized carbons (Fsp3) is 0.200. The van der Waals surface area contributed by atoms with Gasteiger partial charge in [0.2, 0.25) is 0 Å². The molecule has 0 saturated heterocycles. The van der Waals surface area contributed by atoms with Crippen molar-refractivity contribution in [1.82, 2.24) is 4.90 Å². The molecule has 27 heavy (non-hydrogen) atoms. The van der Waals surface area contributed by atoms with Crippen LogP contribution in [0.2, 0.25) is 0 Å². The van der Waals surface area contributed by atoms with Gasteiger partial charge >= 0.3 is 0 Å². The molecule has 140 valence electrons. The molecule has 0 unspecified atom stereocenters. The van der Waals surface area contributed by atoms with Gasteiger partial charge in [0, 0.05) is 11.8 Å². The third-order valence-corrected chi connectivity index (χ3v) is 4.00. The number of β-amino-alcohol motifs (C(OH)–C–C–N with tert-alkyl or cyclic N) is 1. The van der Waals surface area contributed by atoms with E-state index in [4.69, 9.17) is 14.6 Å². The van der Waals surface area contributed by atoms with Gasteiger partial charge in [0.25, 0.3) is 11.8 Å². The number of ether oxygens (including phenoxy) is 2. The molecule has 0 fully saturated rings. The molecule has 1 aliphatic rings. The van der Waals surface area contributed by atoms with Crippen LogP contribution in [0.25, 0.3) is 0 Å². The largest absolute Gasteiger partial charge is 0.497 e. The molecule has 0 aliphatic carbocycles. The second-order valence-corrected chi connectivity index (χ2v) is 5.87. The second kappa shape index (κ2) is 8.37. The van der Waals surface area contributed by atoms with E-state index in [1.165, 1.54) is 6.08 Å². The molecular formula is C20H20N2O5. The number of hydrogen-bond acceptors (Lipinski definition) is 6. The zero-order valence-electron chi connectivity index (χ0n) is 14.8. The van der Waals surface area contributed by atoms with Crippen molar-refractivity contribution in [3.8, 4) is 11.5 Å². The van der Waals surface area contributed by atoms with Crippen molar-refractivity contribution in [2.75, 3.05) is 25.6 Å². The van der Waals surface area contributed by atoms with Gasteiger partial charge in [0.15, 0.2) is 0 Å². The summed E-state index contributed by atoms with van der Waals surface area (Å²) in [6.45, 7) is 0.0658. The Morgan fingerprint density at radius 2 is 1.81 bits per heavy atom. The first kappa shape index (κ1) is 18.5. The van der Waals surface area contributed by atoms with E-state index in [1.807, 2.05) is 42.5 Å². The average molecular weight is 368 g/mol. The van der Waals surface area contributed by atoms with E-state index in [0.717, 1.165) is 16.2 Å². The number of aliphatic hydroxyl groups is 1. The van der Waals surface area contributed by atoms with Crippen LogP contribution >= 0.6 is 0 Å². The molecule has 0 saturated carbocycles. The average Bonchev–Trinajstić information content (AvgIpc) is 2.95. The van der Waals surface area contributed by atoms with E-state index in [1.54, 1.807) is 13.2 Å². The molecule has 2 amide bonds. The van der Waals surface area contributed by atoms with E-state index in [-0.39, 0.29) is 18.8 Å². The fourth-order valence-corrected chi connectivity index (χ4v) is 2.64. The zero-order chi connectivity index (χ0) is 19.2. The van der Waals surface area contributed by atoms with Crippen LogP contribution in [0.15, 0.2) is 60.3 Å². The van der Waals surface area contributed by atoms with Gasteiger partial charge in [-0.2, -0.15) is 0 Å². The summed E-state index contributed by atoms with van der Waals surface area (Å²) < 4.78 is 10.9. The van der Waals surface area contributed by atoms with Crippen LogP contribution in [0.1, 0.15) is 5.56 Å². The summed E-state index contributed by atoms with van der Waals surface area (Å²) in [5, 5.41) is 11.9. The normalized spacial score (nSPS) is 13.6. The van der Waals surface area contributed by atoms with Crippen molar-refractivity contribution in [3.05, 3.63) is 65.9 Å². The highest BCUT2D eigenvalue weighted by Gasteiger charge is 2.30. The van der Waals surface area contributed by atoms with E-state index in [9.17, 15) is 9.59 Å². The molecule has 1 aliphatic heterocycles. The third-order valence-electron chi connectivity index (χ3n) is 4.00. The molecule has 1 heterocycles. The Morgan fingerprint density at radius 3 is 2.52 bits per heavy atom. The maximum atomic E-state index is 12.2. The minimum absolute atomic E-state index is 0.0188. The Hall–Kier alpha value is -3.32. The summed E-state index contributed by atoms with van der Waals surface area (Å²) in [5.74, 6) is 0.588. The molecule has 0 atom stereocenters. The Bertz CT molecular complexity index is 861. The van der Waals surface area contributed by atoms with E-state index >= 15 is 0 Å². The Kier molecular flexibility index (Phi) is 5.73. The van der Waals surface area contributed by atoms with Crippen molar-refractivity contribution >= 4 is 17.5 Å². The van der Waals surface area contributed by atoms with Gasteiger partial charge in [-0.25, -0.2) is 0 Å². The molecule has 0 spiro atoms. The molecule has 0 radical (unpaired) electrons. The van der Waals surface area contributed by atoms with Crippen LogP contribution in [0.4, 0.5) is 5.69 Å². The Labute approximate surface area is 156 Å². The number of nitrogens with one attached hydrogen (secondary N) is 1. The highest BCUT2D eigenvalue weighted by Crippen LogP contribution is 2.21. The first-order chi connectivity index (χ1) is 13.1. The van der Waals surface area contributed by atoms with Gasteiger partial charge in [-0.05, 0) is 42.0 Å². The summed E-state index contributed by atoms with van der Waals surface area (Å²) in [4.78, 5) is 25.0. The molecule has 2 aromatic rings. The number of aliphatic hydroxyl groups excluding tert-OH is 1. The molecule has 7 nitrogen and oxygen atoms in total.